The lowest BCUT2D eigenvalue weighted by Crippen LogP contribution is -2.29. The lowest BCUT2D eigenvalue weighted by atomic mass is 10.0. The summed E-state index contributed by atoms with van der Waals surface area (Å²) in [6, 6.07) is 0. The van der Waals surface area contributed by atoms with Gasteiger partial charge in [-0.15, -0.1) is 11.6 Å². The molecule has 1 heterocycles. The van der Waals surface area contributed by atoms with E-state index in [1.807, 2.05) is 0 Å². The molecule has 0 aromatic rings. The summed E-state index contributed by atoms with van der Waals surface area (Å²) in [7, 11) is 0. The van der Waals surface area contributed by atoms with Crippen molar-refractivity contribution in [1.82, 2.24) is 5.32 Å². The highest BCUT2D eigenvalue weighted by molar-refractivity contribution is 6.17. The van der Waals surface area contributed by atoms with Crippen LogP contribution in [0, 0.1) is 0 Å². The molecule has 1 rings (SSSR count). The number of ether oxygens (including phenoxy) is 1. The van der Waals surface area contributed by atoms with Gasteiger partial charge in [0.25, 0.3) is 6.47 Å². The smallest absolute Gasteiger partial charge is 0.293 e. The maximum Gasteiger partial charge on any atom is 0.293 e. The van der Waals surface area contributed by atoms with Crippen LogP contribution in [0.5, 0.6) is 0 Å². The number of alkyl halides is 1. The van der Waals surface area contributed by atoms with E-state index in [4.69, 9.17) is 16.3 Å². The van der Waals surface area contributed by atoms with Crippen molar-refractivity contribution in [1.29, 1.82) is 0 Å². The third-order valence-electron chi connectivity index (χ3n) is 2.06. The highest BCUT2D eigenvalue weighted by atomic mass is 35.5. The summed E-state index contributed by atoms with van der Waals surface area (Å²) in [5.41, 5.74) is 1.14. The van der Waals surface area contributed by atoms with Crippen LogP contribution in [0.3, 0.4) is 0 Å². The van der Waals surface area contributed by atoms with Crippen molar-refractivity contribution in [2.45, 2.75) is 18.9 Å². The van der Waals surface area contributed by atoms with Gasteiger partial charge in [0.15, 0.2) is 0 Å². The van der Waals surface area contributed by atoms with Crippen LogP contribution in [-0.4, -0.2) is 31.5 Å². The highest BCUT2D eigenvalue weighted by Crippen LogP contribution is 2.13. The number of hydrogen-bond donors (Lipinski definition) is 1. The Labute approximate surface area is 83.1 Å². The molecule has 0 amide bonds. The van der Waals surface area contributed by atoms with Gasteiger partial charge in [-0.2, -0.15) is 0 Å². The molecule has 1 unspecified atom stereocenters. The Morgan fingerprint density at radius 1 is 1.77 bits per heavy atom. The number of nitrogens with one attached hydrogen (secondary N) is 1. The minimum absolute atomic E-state index is 0.136. The SMILES string of the molecule is O=COC(CCCl)C1=CCCNC1. The number of carbonyl (C=O) groups is 1. The van der Waals surface area contributed by atoms with Crippen LogP contribution in [0.1, 0.15) is 12.8 Å². The van der Waals surface area contributed by atoms with Crippen LogP contribution in [-0.2, 0) is 9.53 Å². The van der Waals surface area contributed by atoms with Crippen molar-refractivity contribution in [3.8, 4) is 0 Å². The van der Waals surface area contributed by atoms with E-state index >= 15 is 0 Å². The summed E-state index contributed by atoms with van der Waals surface area (Å²) < 4.78 is 4.95. The topological polar surface area (TPSA) is 38.3 Å². The molecule has 74 valence electrons. The Balaban J connectivity index is 2.50. The van der Waals surface area contributed by atoms with E-state index < -0.39 is 0 Å². The third kappa shape index (κ3) is 3.36. The van der Waals surface area contributed by atoms with Gasteiger partial charge in [-0.3, -0.25) is 4.79 Å². The molecule has 0 fully saturated rings. The second-order valence-electron chi connectivity index (χ2n) is 2.94. The first kappa shape index (κ1) is 10.5. The van der Waals surface area contributed by atoms with Gasteiger partial charge in [-0.05, 0) is 18.5 Å². The van der Waals surface area contributed by atoms with Gasteiger partial charge >= 0.3 is 0 Å². The number of hydrogen-bond acceptors (Lipinski definition) is 3. The fourth-order valence-corrected chi connectivity index (χ4v) is 1.61. The van der Waals surface area contributed by atoms with Crippen LogP contribution < -0.4 is 5.32 Å². The molecule has 1 aliphatic heterocycles. The van der Waals surface area contributed by atoms with E-state index in [1.54, 1.807) is 0 Å². The number of carbonyl (C=O) groups excluding carboxylic acids is 1. The van der Waals surface area contributed by atoms with Gasteiger partial charge in [-0.1, -0.05) is 6.08 Å². The molecular weight excluding hydrogens is 190 g/mol. The fraction of sp³-hybridized carbons (Fsp3) is 0.667. The summed E-state index contributed by atoms with van der Waals surface area (Å²) in [5, 5.41) is 3.22. The largest absolute Gasteiger partial charge is 0.460 e. The molecule has 0 aliphatic carbocycles. The van der Waals surface area contributed by atoms with Crippen LogP contribution in [0.25, 0.3) is 0 Å². The molecule has 1 N–H and O–H groups in total. The van der Waals surface area contributed by atoms with Crippen molar-refractivity contribution in [2.75, 3.05) is 19.0 Å². The molecular formula is C9H14ClNO2. The van der Waals surface area contributed by atoms with Gasteiger partial charge in [-0.25, -0.2) is 0 Å². The summed E-state index contributed by atoms with van der Waals surface area (Å²) >= 11 is 5.61. The van der Waals surface area contributed by atoms with E-state index in [-0.39, 0.29) is 6.10 Å². The molecule has 0 spiro atoms. The Morgan fingerprint density at radius 3 is 3.15 bits per heavy atom. The molecule has 0 saturated carbocycles. The molecule has 0 aromatic heterocycles. The van der Waals surface area contributed by atoms with Gasteiger partial charge in [0.1, 0.15) is 6.10 Å². The Bertz CT molecular complexity index is 194. The summed E-state index contributed by atoms with van der Waals surface area (Å²) in [6.07, 6.45) is 3.67. The minimum Gasteiger partial charge on any atom is -0.460 e. The second kappa shape index (κ2) is 6.00. The number of rotatable bonds is 5. The third-order valence-corrected chi connectivity index (χ3v) is 2.28. The molecule has 1 aliphatic rings. The van der Waals surface area contributed by atoms with Gasteiger partial charge in [0.05, 0.1) is 0 Å². The quantitative estimate of drug-likeness (QED) is 0.413. The molecule has 13 heavy (non-hydrogen) atoms. The average molecular weight is 204 g/mol. The monoisotopic (exact) mass is 203 g/mol. The zero-order valence-electron chi connectivity index (χ0n) is 7.46. The minimum atomic E-state index is -0.136. The summed E-state index contributed by atoms with van der Waals surface area (Å²) in [4.78, 5) is 10.2. The predicted octanol–water partition coefficient (Wildman–Crippen LogP) is 1.08. The van der Waals surface area contributed by atoms with E-state index in [0.717, 1.165) is 25.1 Å². The highest BCUT2D eigenvalue weighted by Gasteiger charge is 2.15. The van der Waals surface area contributed by atoms with Gasteiger partial charge in [0, 0.05) is 18.8 Å². The normalized spacial score (nSPS) is 19.0. The zero-order valence-corrected chi connectivity index (χ0v) is 8.22. The van der Waals surface area contributed by atoms with Crippen LogP contribution in [0.15, 0.2) is 11.6 Å². The fourth-order valence-electron chi connectivity index (χ4n) is 1.42. The van der Waals surface area contributed by atoms with E-state index in [2.05, 4.69) is 11.4 Å². The predicted molar refractivity (Wildman–Crippen MR) is 51.8 cm³/mol. The second-order valence-corrected chi connectivity index (χ2v) is 3.32. The maximum absolute atomic E-state index is 10.2. The van der Waals surface area contributed by atoms with Crippen LogP contribution in [0.4, 0.5) is 0 Å². The molecule has 0 bridgehead atoms. The lowest BCUT2D eigenvalue weighted by molar-refractivity contribution is -0.132. The summed E-state index contributed by atoms with van der Waals surface area (Å²) in [6.45, 7) is 2.29. The van der Waals surface area contributed by atoms with Crippen molar-refractivity contribution in [3.05, 3.63) is 11.6 Å². The zero-order chi connectivity index (χ0) is 9.52. The van der Waals surface area contributed by atoms with Crippen molar-refractivity contribution in [2.24, 2.45) is 0 Å². The van der Waals surface area contributed by atoms with Crippen molar-refractivity contribution < 1.29 is 9.53 Å². The first-order valence-electron chi connectivity index (χ1n) is 4.43. The Hall–Kier alpha value is -0.540. The first-order valence-corrected chi connectivity index (χ1v) is 4.96. The summed E-state index contributed by atoms with van der Waals surface area (Å²) in [5.74, 6) is 0.510. The Kier molecular flexibility index (Phi) is 4.86. The van der Waals surface area contributed by atoms with E-state index in [0.29, 0.717) is 18.8 Å². The Morgan fingerprint density at radius 2 is 2.62 bits per heavy atom. The van der Waals surface area contributed by atoms with Crippen molar-refractivity contribution in [3.63, 3.8) is 0 Å². The van der Waals surface area contributed by atoms with Crippen LogP contribution in [0.2, 0.25) is 0 Å². The lowest BCUT2D eigenvalue weighted by Gasteiger charge is -2.21. The van der Waals surface area contributed by atoms with Crippen LogP contribution >= 0.6 is 11.6 Å². The maximum atomic E-state index is 10.2. The number of halogens is 1. The molecule has 4 heteroatoms. The van der Waals surface area contributed by atoms with E-state index in [9.17, 15) is 4.79 Å². The molecule has 0 aromatic carbocycles. The van der Waals surface area contributed by atoms with Crippen molar-refractivity contribution >= 4 is 18.1 Å². The average Bonchev–Trinajstić information content (AvgIpc) is 2.19. The molecule has 1 atom stereocenters. The molecule has 0 saturated heterocycles. The standard InChI is InChI=1S/C9H14ClNO2/c10-4-3-9(13-7-12)8-2-1-5-11-6-8/h2,7,9,11H,1,3-6H2. The van der Waals surface area contributed by atoms with Gasteiger partial charge < -0.3 is 10.1 Å². The van der Waals surface area contributed by atoms with E-state index in [1.165, 1.54) is 0 Å². The van der Waals surface area contributed by atoms with Gasteiger partial charge in [0.2, 0.25) is 0 Å². The molecule has 3 nitrogen and oxygen atoms in total. The molecule has 0 radical (unpaired) electrons. The first-order chi connectivity index (χ1) is 6.38.